The molecule has 2 amide bonds. The molecule has 0 fully saturated rings. The monoisotopic (exact) mass is 432 g/mol. The van der Waals surface area contributed by atoms with Crippen LogP contribution in [0.5, 0.6) is 11.5 Å². The number of carbonyl (C=O) groups excluding carboxylic acids is 2. The van der Waals surface area contributed by atoms with Crippen LogP contribution in [0.1, 0.15) is 35.3 Å². The van der Waals surface area contributed by atoms with Crippen LogP contribution < -0.4 is 20.1 Å². The van der Waals surface area contributed by atoms with Crippen LogP contribution in [0.4, 0.5) is 5.69 Å². The summed E-state index contributed by atoms with van der Waals surface area (Å²) in [4.78, 5) is 24.7. The Labute approximate surface area is 188 Å². The molecule has 6 heteroatoms. The lowest BCUT2D eigenvalue weighted by Gasteiger charge is -2.14. The van der Waals surface area contributed by atoms with E-state index >= 15 is 0 Å². The van der Waals surface area contributed by atoms with Crippen LogP contribution in [-0.4, -0.2) is 31.6 Å². The Morgan fingerprint density at radius 3 is 2.34 bits per heavy atom. The fourth-order valence-corrected chi connectivity index (χ4v) is 3.24. The van der Waals surface area contributed by atoms with Crippen molar-refractivity contribution >= 4 is 17.5 Å². The van der Waals surface area contributed by atoms with Gasteiger partial charge in [0.15, 0.2) is 18.1 Å². The summed E-state index contributed by atoms with van der Waals surface area (Å²) in [6.07, 6.45) is 0.714. The number of hydrogen-bond donors (Lipinski definition) is 2. The summed E-state index contributed by atoms with van der Waals surface area (Å²) < 4.78 is 10.9. The average molecular weight is 433 g/mol. The molecule has 0 aliphatic heterocycles. The summed E-state index contributed by atoms with van der Waals surface area (Å²) in [7, 11) is 1.49. The Balaban J connectivity index is 1.71. The average Bonchev–Trinajstić information content (AvgIpc) is 2.79. The number of benzene rings is 3. The SMILES string of the molecule is COc1cc(C(=O)Nc2ccccc2Cc2ccccc2)ccc1OCC(=O)NC(C)C. The minimum atomic E-state index is -0.257. The zero-order valence-corrected chi connectivity index (χ0v) is 18.6. The molecule has 6 nitrogen and oxygen atoms in total. The van der Waals surface area contributed by atoms with Gasteiger partial charge in [-0.15, -0.1) is 0 Å². The van der Waals surface area contributed by atoms with Crippen LogP contribution in [0.2, 0.25) is 0 Å². The van der Waals surface area contributed by atoms with Gasteiger partial charge in [-0.05, 0) is 55.7 Å². The number of methoxy groups -OCH3 is 1. The largest absolute Gasteiger partial charge is 0.493 e. The molecule has 3 aromatic rings. The second-order valence-corrected chi connectivity index (χ2v) is 7.65. The van der Waals surface area contributed by atoms with Crippen molar-refractivity contribution in [1.82, 2.24) is 5.32 Å². The van der Waals surface area contributed by atoms with Crippen LogP contribution in [-0.2, 0) is 11.2 Å². The molecule has 0 heterocycles. The summed E-state index contributed by atoms with van der Waals surface area (Å²) in [5.74, 6) is 0.298. The Morgan fingerprint density at radius 1 is 0.906 bits per heavy atom. The molecule has 0 saturated carbocycles. The number of anilines is 1. The summed E-state index contributed by atoms with van der Waals surface area (Å²) in [5, 5.41) is 5.75. The zero-order valence-electron chi connectivity index (χ0n) is 18.6. The number of nitrogens with one attached hydrogen (secondary N) is 2. The molecule has 0 aromatic heterocycles. The maximum Gasteiger partial charge on any atom is 0.258 e. The van der Waals surface area contributed by atoms with Gasteiger partial charge in [0, 0.05) is 17.3 Å². The van der Waals surface area contributed by atoms with Gasteiger partial charge in [0.25, 0.3) is 11.8 Å². The predicted octanol–water partition coefficient (Wildman–Crippen LogP) is 4.44. The van der Waals surface area contributed by atoms with Gasteiger partial charge >= 0.3 is 0 Å². The van der Waals surface area contributed by atoms with Gasteiger partial charge in [0.1, 0.15) is 0 Å². The maximum atomic E-state index is 12.9. The van der Waals surface area contributed by atoms with Crippen LogP contribution >= 0.6 is 0 Å². The van der Waals surface area contributed by atoms with Crippen molar-refractivity contribution in [2.24, 2.45) is 0 Å². The molecule has 3 aromatic carbocycles. The van der Waals surface area contributed by atoms with E-state index in [9.17, 15) is 9.59 Å². The molecule has 3 rings (SSSR count). The first-order valence-electron chi connectivity index (χ1n) is 10.5. The zero-order chi connectivity index (χ0) is 22.9. The predicted molar refractivity (Wildman–Crippen MR) is 125 cm³/mol. The molecule has 0 unspecified atom stereocenters. The van der Waals surface area contributed by atoms with Crippen molar-refractivity contribution in [3.63, 3.8) is 0 Å². The van der Waals surface area contributed by atoms with Crippen molar-refractivity contribution in [1.29, 1.82) is 0 Å². The summed E-state index contributed by atoms with van der Waals surface area (Å²) >= 11 is 0. The number of amides is 2. The number of carbonyl (C=O) groups is 2. The summed E-state index contributed by atoms with van der Waals surface area (Å²) in [6, 6.07) is 22.7. The first-order valence-corrected chi connectivity index (χ1v) is 10.5. The Bertz CT molecular complexity index is 1060. The summed E-state index contributed by atoms with van der Waals surface area (Å²) in [6.45, 7) is 3.63. The topological polar surface area (TPSA) is 76.7 Å². The molecule has 0 saturated heterocycles. The van der Waals surface area contributed by atoms with Crippen molar-refractivity contribution in [2.75, 3.05) is 19.0 Å². The number of hydrogen-bond acceptors (Lipinski definition) is 4. The Kier molecular flexibility index (Phi) is 7.86. The normalized spacial score (nSPS) is 10.5. The van der Waals surface area contributed by atoms with E-state index < -0.39 is 0 Å². The van der Waals surface area contributed by atoms with Crippen molar-refractivity contribution in [3.05, 3.63) is 89.5 Å². The van der Waals surface area contributed by atoms with Crippen LogP contribution in [0, 0.1) is 0 Å². The maximum absolute atomic E-state index is 12.9. The molecule has 0 bridgehead atoms. The quantitative estimate of drug-likeness (QED) is 0.524. The van der Waals surface area contributed by atoms with Gasteiger partial charge in [-0.1, -0.05) is 48.5 Å². The number of rotatable bonds is 9. The van der Waals surface area contributed by atoms with Crippen molar-refractivity contribution in [3.8, 4) is 11.5 Å². The first kappa shape index (κ1) is 22.9. The highest BCUT2D eigenvalue weighted by atomic mass is 16.5. The first-order chi connectivity index (χ1) is 15.5. The molecular formula is C26H28N2O4. The van der Waals surface area contributed by atoms with E-state index in [1.54, 1.807) is 18.2 Å². The molecular weight excluding hydrogens is 404 g/mol. The highest BCUT2D eigenvalue weighted by molar-refractivity contribution is 6.05. The third-order valence-electron chi connectivity index (χ3n) is 4.74. The molecule has 0 atom stereocenters. The van der Waals surface area contributed by atoms with Gasteiger partial charge in [-0.3, -0.25) is 9.59 Å². The highest BCUT2D eigenvalue weighted by Crippen LogP contribution is 2.29. The van der Waals surface area contributed by atoms with Crippen LogP contribution in [0.25, 0.3) is 0 Å². The standard InChI is InChI=1S/C26H28N2O4/c1-18(2)27-25(29)17-32-23-14-13-21(16-24(23)31-3)26(30)28-22-12-8-7-11-20(22)15-19-9-5-4-6-10-19/h4-14,16,18H,15,17H2,1-3H3,(H,27,29)(H,28,30). The molecule has 166 valence electrons. The molecule has 0 spiro atoms. The van der Waals surface area contributed by atoms with E-state index in [4.69, 9.17) is 9.47 Å². The molecule has 32 heavy (non-hydrogen) atoms. The van der Waals surface area contributed by atoms with Crippen molar-refractivity contribution < 1.29 is 19.1 Å². The van der Waals surface area contributed by atoms with Gasteiger partial charge < -0.3 is 20.1 Å². The molecule has 0 aliphatic carbocycles. The molecule has 0 aliphatic rings. The summed E-state index contributed by atoms with van der Waals surface area (Å²) in [5.41, 5.74) is 3.37. The van der Waals surface area contributed by atoms with Crippen LogP contribution in [0.3, 0.4) is 0 Å². The molecule has 0 radical (unpaired) electrons. The van der Waals surface area contributed by atoms with Crippen molar-refractivity contribution in [2.45, 2.75) is 26.3 Å². The Hall–Kier alpha value is -3.80. The van der Waals surface area contributed by atoms with E-state index in [0.29, 0.717) is 23.5 Å². The van der Waals surface area contributed by atoms with E-state index in [-0.39, 0.29) is 24.5 Å². The fraction of sp³-hybridized carbons (Fsp3) is 0.231. The third-order valence-corrected chi connectivity index (χ3v) is 4.74. The second kappa shape index (κ2) is 11.0. The minimum Gasteiger partial charge on any atom is -0.493 e. The fourth-order valence-electron chi connectivity index (χ4n) is 3.24. The van der Waals surface area contributed by atoms with Crippen LogP contribution in [0.15, 0.2) is 72.8 Å². The lowest BCUT2D eigenvalue weighted by molar-refractivity contribution is -0.123. The van der Waals surface area contributed by atoms with E-state index in [1.807, 2.05) is 56.3 Å². The lowest BCUT2D eigenvalue weighted by atomic mass is 10.0. The van der Waals surface area contributed by atoms with E-state index in [0.717, 1.165) is 11.3 Å². The van der Waals surface area contributed by atoms with Gasteiger partial charge in [0.05, 0.1) is 7.11 Å². The minimum absolute atomic E-state index is 0.0313. The third kappa shape index (κ3) is 6.35. The number of para-hydroxylation sites is 1. The molecule has 2 N–H and O–H groups in total. The van der Waals surface area contributed by atoms with E-state index in [1.165, 1.54) is 12.7 Å². The van der Waals surface area contributed by atoms with Gasteiger partial charge in [-0.25, -0.2) is 0 Å². The Morgan fingerprint density at radius 2 is 1.62 bits per heavy atom. The van der Waals surface area contributed by atoms with Gasteiger partial charge in [-0.2, -0.15) is 0 Å². The smallest absolute Gasteiger partial charge is 0.258 e. The van der Waals surface area contributed by atoms with E-state index in [2.05, 4.69) is 22.8 Å². The second-order valence-electron chi connectivity index (χ2n) is 7.65. The highest BCUT2D eigenvalue weighted by Gasteiger charge is 2.14. The number of ether oxygens (including phenoxy) is 2. The lowest BCUT2D eigenvalue weighted by Crippen LogP contribution is -2.34. The van der Waals surface area contributed by atoms with Gasteiger partial charge in [0.2, 0.25) is 0 Å².